The molecule has 4 heteroatoms. The van der Waals surface area contributed by atoms with Gasteiger partial charge in [0.1, 0.15) is 5.75 Å². The molecule has 114 valence electrons. The molecule has 0 radical (unpaired) electrons. The van der Waals surface area contributed by atoms with Crippen molar-refractivity contribution in [1.29, 1.82) is 0 Å². The lowest BCUT2D eigenvalue weighted by Gasteiger charge is -2.32. The third-order valence-corrected chi connectivity index (χ3v) is 4.06. The van der Waals surface area contributed by atoms with Crippen LogP contribution in [-0.4, -0.2) is 24.7 Å². The van der Waals surface area contributed by atoms with E-state index in [0.717, 1.165) is 16.8 Å². The van der Waals surface area contributed by atoms with Crippen molar-refractivity contribution in [2.24, 2.45) is 0 Å². The van der Waals surface area contributed by atoms with Gasteiger partial charge in [-0.1, -0.05) is 23.8 Å². The van der Waals surface area contributed by atoms with Gasteiger partial charge in [0.05, 0.1) is 18.9 Å². The highest BCUT2D eigenvalue weighted by Gasteiger charge is 2.28. The fourth-order valence-electron chi connectivity index (χ4n) is 2.76. The molecule has 3 rings (SSSR count). The molecular weight excluding hydrogens is 278 g/mol. The molecule has 2 aromatic rings. The van der Waals surface area contributed by atoms with Gasteiger partial charge in [0, 0.05) is 23.7 Å². The minimum absolute atomic E-state index is 0.0543. The second-order valence-electron chi connectivity index (χ2n) is 5.55. The Morgan fingerprint density at radius 1 is 1.23 bits per heavy atom. The number of fused-ring (bicyclic) bond motifs is 1. The summed E-state index contributed by atoms with van der Waals surface area (Å²) in [5.74, 6) is 0.621. The van der Waals surface area contributed by atoms with E-state index in [0.29, 0.717) is 24.3 Å². The van der Waals surface area contributed by atoms with Crippen LogP contribution in [0.2, 0.25) is 0 Å². The lowest BCUT2D eigenvalue weighted by molar-refractivity contribution is 0.0970. The Balaban J connectivity index is 2.00. The molecule has 4 nitrogen and oxygen atoms in total. The summed E-state index contributed by atoms with van der Waals surface area (Å²) in [5, 5.41) is 10.2. The van der Waals surface area contributed by atoms with Gasteiger partial charge < -0.3 is 14.7 Å². The number of aliphatic hydroxyl groups excluding tert-OH is 1. The Morgan fingerprint density at radius 3 is 2.64 bits per heavy atom. The lowest BCUT2D eigenvalue weighted by Crippen LogP contribution is -2.36. The van der Waals surface area contributed by atoms with Gasteiger partial charge in [0.15, 0.2) is 0 Å². The van der Waals surface area contributed by atoms with Crippen LogP contribution in [-0.2, 0) is 0 Å². The van der Waals surface area contributed by atoms with Crippen molar-refractivity contribution in [2.45, 2.75) is 19.4 Å². The van der Waals surface area contributed by atoms with E-state index in [1.807, 2.05) is 49.4 Å². The zero-order chi connectivity index (χ0) is 15.7. The molecule has 2 aromatic carbocycles. The van der Waals surface area contributed by atoms with Crippen molar-refractivity contribution in [3.8, 4) is 5.75 Å². The van der Waals surface area contributed by atoms with Crippen molar-refractivity contribution < 1.29 is 14.6 Å². The largest absolute Gasteiger partial charge is 0.497 e. The number of aliphatic hydroxyl groups is 1. The summed E-state index contributed by atoms with van der Waals surface area (Å²) in [4.78, 5) is 14.5. The second kappa shape index (κ2) is 5.81. The molecule has 22 heavy (non-hydrogen) atoms. The molecular formula is C18H19NO3. The second-order valence-corrected chi connectivity index (χ2v) is 5.55. The minimum Gasteiger partial charge on any atom is -0.497 e. The van der Waals surface area contributed by atoms with E-state index in [9.17, 15) is 9.90 Å². The number of carbonyl (C=O) groups excluding carboxylic acids is 1. The van der Waals surface area contributed by atoms with Crippen molar-refractivity contribution in [3.05, 3.63) is 59.2 Å². The van der Waals surface area contributed by atoms with Crippen LogP contribution >= 0.6 is 0 Å². The van der Waals surface area contributed by atoms with Crippen molar-refractivity contribution in [1.82, 2.24) is 0 Å². The van der Waals surface area contributed by atoms with Crippen LogP contribution < -0.4 is 9.64 Å². The minimum atomic E-state index is -0.539. The average molecular weight is 297 g/mol. The molecule has 0 aromatic heterocycles. The molecule has 0 saturated carbocycles. The third kappa shape index (κ3) is 2.57. The van der Waals surface area contributed by atoms with Gasteiger partial charge in [-0.05, 0) is 31.5 Å². The molecule has 0 fully saturated rings. The molecule has 1 N–H and O–H groups in total. The smallest absolute Gasteiger partial charge is 0.258 e. The van der Waals surface area contributed by atoms with E-state index in [4.69, 9.17) is 4.74 Å². The third-order valence-electron chi connectivity index (χ3n) is 4.06. The number of hydrogen-bond donors (Lipinski definition) is 1. The van der Waals surface area contributed by atoms with Crippen LogP contribution in [0.1, 0.15) is 34.0 Å². The molecule has 1 atom stereocenters. The number of carbonyl (C=O) groups is 1. The zero-order valence-corrected chi connectivity index (χ0v) is 12.7. The lowest BCUT2D eigenvalue weighted by atomic mass is 9.97. The topological polar surface area (TPSA) is 49.8 Å². The SMILES string of the molecule is COc1ccc2c(c1)N(C(=O)c1ccc(C)cc1)CCC2O. The van der Waals surface area contributed by atoms with Crippen LogP contribution in [0.5, 0.6) is 5.75 Å². The van der Waals surface area contributed by atoms with Gasteiger partial charge in [-0.2, -0.15) is 0 Å². The molecule has 1 aliphatic heterocycles. The highest BCUT2D eigenvalue weighted by atomic mass is 16.5. The Bertz CT molecular complexity index is 694. The first-order valence-corrected chi connectivity index (χ1v) is 7.34. The van der Waals surface area contributed by atoms with Crippen molar-refractivity contribution >= 4 is 11.6 Å². The highest BCUT2D eigenvalue weighted by Crippen LogP contribution is 2.37. The number of hydrogen-bond acceptors (Lipinski definition) is 3. The van der Waals surface area contributed by atoms with Gasteiger partial charge in [-0.15, -0.1) is 0 Å². The van der Waals surface area contributed by atoms with E-state index in [1.165, 1.54) is 0 Å². The predicted molar refractivity (Wildman–Crippen MR) is 85.4 cm³/mol. The Kier molecular flexibility index (Phi) is 3.86. The van der Waals surface area contributed by atoms with Crippen LogP contribution in [0.3, 0.4) is 0 Å². The first-order valence-electron chi connectivity index (χ1n) is 7.34. The number of rotatable bonds is 2. The zero-order valence-electron chi connectivity index (χ0n) is 12.7. The Hall–Kier alpha value is -2.33. The number of anilines is 1. The van der Waals surface area contributed by atoms with Crippen LogP contribution in [0.15, 0.2) is 42.5 Å². The van der Waals surface area contributed by atoms with Gasteiger partial charge >= 0.3 is 0 Å². The summed E-state index contributed by atoms with van der Waals surface area (Å²) in [6.45, 7) is 2.49. The molecule has 0 aliphatic carbocycles. The van der Waals surface area contributed by atoms with Gasteiger partial charge in [-0.25, -0.2) is 0 Å². The standard InChI is InChI=1S/C18H19NO3/c1-12-3-5-13(6-4-12)18(21)19-10-9-17(20)15-8-7-14(22-2)11-16(15)19/h3-8,11,17,20H,9-10H2,1-2H3. The first-order chi connectivity index (χ1) is 10.6. The maximum absolute atomic E-state index is 12.8. The van der Waals surface area contributed by atoms with E-state index in [-0.39, 0.29) is 5.91 Å². The Labute approximate surface area is 130 Å². The number of aryl methyl sites for hydroxylation is 1. The maximum atomic E-state index is 12.8. The fraction of sp³-hybridized carbons (Fsp3) is 0.278. The molecule has 1 heterocycles. The summed E-state index contributed by atoms with van der Waals surface area (Å²) in [5.41, 5.74) is 3.26. The molecule has 0 spiro atoms. The molecule has 1 amide bonds. The number of ether oxygens (including phenoxy) is 1. The van der Waals surface area contributed by atoms with E-state index in [1.54, 1.807) is 12.0 Å². The summed E-state index contributed by atoms with van der Waals surface area (Å²) in [6, 6.07) is 13.0. The van der Waals surface area contributed by atoms with E-state index < -0.39 is 6.10 Å². The van der Waals surface area contributed by atoms with Crippen LogP contribution in [0, 0.1) is 6.92 Å². The quantitative estimate of drug-likeness (QED) is 0.926. The molecule has 1 aliphatic rings. The number of nitrogens with zero attached hydrogens (tertiary/aromatic N) is 1. The first kappa shape index (κ1) is 14.6. The molecule has 0 bridgehead atoms. The fourth-order valence-corrected chi connectivity index (χ4v) is 2.76. The predicted octanol–water partition coefficient (Wildman–Crippen LogP) is 3.09. The van der Waals surface area contributed by atoms with E-state index in [2.05, 4.69) is 0 Å². The highest BCUT2D eigenvalue weighted by molar-refractivity contribution is 6.07. The maximum Gasteiger partial charge on any atom is 0.258 e. The van der Waals surface area contributed by atoms with Gasteiger partial charge in [0.25, 0.3) is 5.91 Å². The average Bonchev–Trinajstić information content (AvgIpc) is 2.55. The number of methoxy groups -OCH3 is 1. The molecule has 1 unspecified atom stereocenters. The summed E-state index contributed by atoms with van der Waals surface area (Å²) < 4.78 is 5.25. The van der Waals surface area contributed by atoms with Gasteiger partial charge in [-0.3, -0.25) is 4.79 Å². The summed E-state index contributed by atoms with van der Waals surface area (Å²) >= 11 is 0. The monoisotopic (exact) mass is 297 g/mol. The van der Waals surface area contributed by atoms with Crippen LogP contribution in [0.4, 0.5) is 5.69 Å². The summed E-state index contributed by atoms with van der Waals surface area (Å²) in [6.07, 6.45) is -0.000292. The van der Waals surface area contributed by atoms with Crippen molar-refractivity contribution in [2.75, 3.05) is 18.6 Å². The summed E-state index contributed by atoms with van der Waals surface area (Å²) in [7, 11) is 1.59. The van der Waals surface area contributed by atoms with Gasteiger partial charge in [0.2, 0.25) is 0 Å². The Morgan fingerprint density at radius 2 is 1.95 bits per heavy atom. The van der Waals surface area contributed by atoms with Crippen LogP contribution in [0.25, 0.3) is 0 Å². The normalized spacial score (nSPS) is 17.0. The van der Waals surface area contributed by atoms with E-state index >= 15 is 0 Å². The molecule has 0 saturated heterocycles. The number of benzene rings is 2. The number of amides is 1. The van der Waals surface area contributed by atoms with Crippen molar-refractivity contribution in [3.63, 3.8) is 0 Å².